The van der Waals surface area contributed by atoms with Crippen LogP contribution in [0.3, 0.4) is 0 Å². The average Bonchev–Trinajstić information content (AvgIpc) is 2.77. The van der Waals surface area contributed by atoms with Gasteiger partial charge in [0.1, 0.15) is 32.1 Å². The first-order valence-corrected chi connectivity index (χ1v) is 11.8. The molecule has 0 saturated heterocycles. The minimum absolute atomic E-state index is 0.147. The van der Waals surface area contributed by atoms with Crippen molar-refractivity contribution in [3.63, 3.8) is 0 Å². The second-order valence-corrected chi connectivity index (χ2v) is 9.43. The maximum absolute atomic E-state index is 12.6. The first-order chi connectivity index (χ1) is 14.8. The molecule has 0 fully saturated rings. The third-order valence-electron chi connectivity index (χ3n) is 4.64. The van der Waals surface area contributed by atoms with E-state index in [1.165, 1.54) is 6.92 Å². The summed E-state index contributed by atoms with van der Waals surface area (Å²) in [5, 5.41) is 3.28. The van der Waals surface area contributed by atoms with E-state index >= 15 is 0 Å². The Morgan fingerprint density at radius 2 is 1.90 bits per heavy atom. The summed E-state index contributed by atoms with van der Waals surface area (Å²) in [5.74, 6) is 0.993. The average molecular weight is 469 g/mol. The van der Waals surface area contributed by atoms with Crippen LogP contribution in [0.25, 0.3) is 0 Å². The number of aryl methyl sites for hydroxylation is 1. The normalized spacial score (nSPS) is 12.9. The number of benzene rings is 2. The molecule has 0 atom stereocenters. The van der Waals surface area contributed by atoms with E-state index < -0.39 is 15.9 Å². The van der Waals surface area contributed by atoms with Crippen molar-refractivity contribution in [3.8, 4) is 17.2 Å². The molecule has 10 heteroatoms. The van der Waals surface area contributed by atoms with Crippen LogP contribution >= 0.6 is 11.6 Å². The molecule has 0 bridgehead atoms. The van der Waals surface area contributed by atoms with Gasteiger partial charge in [0.05, 0.1) is 18.0 Å². The van der Waals surface area contributed by atoms with Crippen molar-refractivity contribution in [2.75, 3.05) is 43.0 Å². The minimum Gasteiger partial charge on any atom is -0.492 e. The van der Waals surface area contributed by atoms with Crippen molar-refractivity contribution in [1.82, 2.24) is 5.32 Å². The zero-order valence-electron chi connectivity index (χ0n) is 17.4. The lowest BCUT2D eigenvalue weighted by Gasteiger charge is -2.25. The van der Waals surface area contributed by atoms with E-state index in [0.717, 1.165) is 9.87 Å². The Morgan fingerprint density at radius 1 is 1.16 bits per heavy atom. The summed E-state index contributed by atoms with van der Waals surface area (Å²) in [6, 6.07) is 10.1. The molecular formula is C21H25ClN2O6S. The van der Waals surface area contributed by atoms with Gasteiger partial charge < -0.3 is 19.5 Å². The summed E-state index contributed by atoms with van der Waals surface area (Å²) in [4.78, 5) is 12.4. The second-order valence-electron chi connectivity index (χ2n) is 6.84. The Hall–Kier alpha value is -2.65. The Labute approximate surface area is 187 Å². The van der Waals surface area contributed by atoms with Crippen LogP contribution in [-0.2, 0) is 14.8 Å². The largest absolute Gasteiger partial charge is 0.492 e. The quantitative estimate of drug-likeness (QED) is 0.569. The monoisotopic (exact) mass is 468 g/mol. The fraction of sp³-hybridized carbons (Fsp3) is 0.381. The van der Waals surface area contributed by atoms with E-state index in [1.54, 1.807) is 30.3 Å². The van der Waals surface area contributed by atoms with Gasteiger partial charge in [0, 0.05) is 11.1 Å². The molecule has 1 aliphatic heterocycles. The van der Waals surface area contributed by atoms with Crippen LogP contribution in [0.4, 0.5) is 5.69 Å². The van der Waals surface area contributed by atoms with Crippen molar-refractivity contribution in [1.29, 1.82) is 0 Å². The topological polar surface area (TPSA) is 94.2 Å². The van der Waals surface area contributed by atoms with E-state index in [4.69, 9.17) is 25.8 Å². The lowest BCUT2D eigenvalue weighted by Crippen LogP contribution is -2.42. The zero-order chi connectivity index (χ0) is 22.4. The molecule has 168 valence electrons. The minimum atomic E-state index is -3.69. The zero-order valence-corrected chi connectivity index (χ0v) is 19.0. The number of hydrogen-bond donors (Lipinski definition) is 1. The van der Waals surface area contributed by atoms with Crippen molar-refractivity contribution in [2.24, 2.45) is 0 Å². The van der Waals surface area contributed by atoms with Crippen LogP contribution in [0.15, 0.2) is 36.4 Å². The van der Waals surface area contributed by atoms with E-state index in [0.29, 0.717) is 41.2 Å². The van der Waals surface area contributed by atoms with Crippen molar-refractivity contribution < 1.29 is 27.4 Å². The Kier molecular flexibility index (Phi) is 7.50. The molecule has 8 nitrogen and oxygen atoms in total. The summed E-state index contributed by atoms with van der Waals surface area (Å²) >= 11 is 6.06. The van der Waals surface area contributed by atoms with Gasteiger partial charge in [-0.25, -0.2) is 8.42 Å². The molecule has 1 amide bonds. The summed E-state index contributed by atoms with van der Waals surface area (Å²) in [5.41, 5.74) is 1.28. The summed E-state index contributed by atoms with van der Waals surface area (Å²) in [6.45, 7) is 4.31. The molecule has 0 aromatic heterocycles. The molecular weight excluding hydrogens is 444 g/mol. The molecule has 31 heavy (non-hydrogen) atoms. The number of anilines is 1. The van der Waals surface area contributed by atoms with Crippen LogP contribution in [-0.4, -0.2) is 53.0 Å². The number of hydrogen-bond acceptors (Lipinski definition) is 6. The molecule has 1 aliphatic rings. The molecule has 2 aromatic carbocycles. The van der Waals surface area contributed by atoms with E-state index in [-0.39, 0.29) is 25.4 Å². The Bertz CT molecular complexity index is 1040. The summed E-state index contributed by atoms with van der Waals surface area (Å²) < 4.78 is 42.9. The summed E-state index contributed by atoms with van der Waals surface area (Å²) in [7, 11) is -3.69. The molecule has 0 aliphatic carbocycles. The van der Waals surface area contributed by atoms with E-state index in [1.807, 2.05) is 13.0 Å². The first-order valence-electron chi connectivity index (χ1n) is 9.86. The highest BCUT2D eigenvalue weighted by atomic mass is 35.5. The number of carbonyl (C=O) groups excluding carboxylic acids is 1. The molecule has 0 radical (unpaired) electrons. The molecule has 1 N–H and O–H groups in total. The number of ether oxygens (including phenoxy) is 3. The second kappa shape index (κ2) is 10.1. The molecule has 0 spiro atoms. The third-order valence-corrected chi connectivity index (χ3v) is 6.79. The fourth-order valence-electron chi connectivity index (χ4n) is 2.90. The lowest BCUT2D eigenvalue weighted by atomic mass is 10.2. The Balaban J connectivity index is 1.60. The number of sulfonamides is 1. The van der Waals surface area contributed by atoms with Crippen LogP contribution in [0.1, 0.15) is 12.5 Å². The number of nitrogens with one attached hydrogen (secondary N) is 1. The van der Waals surface area contributed by atoms with Crippen LogP contribution in [0.2, 0.25) is 5.02 Å². The SMILES string of the molecule is CCS(=O)(=O)N(CC(=O)NCCOc1ccc(C)c(Cl)c1)c1ccc2c(c1)OCCO2. The standard InChI is InChI=1S/C21H25ClN2O6S/c1-3-31(26,27)24(16-5-7-19-20(12-16)30-11-10-29-19)14-21(25)23-8-9-28-17-6-4-15(2)18(22)13-17/h4-7,12-13H,3,8-11,14H2,1-2H3,(H,23,25). The number of nitrogens with zero attached hydrogens (tertiary/aromatic N) is 1. The number of rotatable bonds is 9. The van der Waals surface area contributed by atoms with Gasteiger partial charge in [-0.1, -0.05) is 17.7 Å². The third kappa shape index (κ3) is 5.95. The van der Waals surface area contributed by atoms with Crippen LogP contribution in [0, 0.1) is 6.92 Å². The number of amides is 1. The molecule has 0 saturated carbocycles. The van der Waals surface area contributed by atoms with Gasteiger partial charge in [0.2, 0.25) is 15.9 Å². The summed E-state index contributed by atoms with van der Waals surface area (Å²) in [6.07, 6.45) is 0. The smallest absolute Gasteiger partial charge is 0.240 e. The van der Waals surface area contributed by atoms with Crippen LogP contribution in [0.5, 0.6) is 17.2 Å². The van der Waals surface area contributed by atoms with Crippen molar-refractivity contribution >= 4 is 33.2 Å². The number of carbonyl (C=O) groups is 1. The predicted octanol–water partition coefficient (Wildman–Crippen LogP) is 2.77. The van der Waals surface area contributed by atoms with Gasteiger partial charge in [0.15, 0.2) is 11.5 Å². The molecule has 3 rings (SSSR count). The van der Waals surface area contributed by atoms with Crippen molar-refractivity contribution in [2.45, 2.75) is 13.8 Å². The molecule has 2 aromatic rings. The van der Waals surface area contributed by atoms with Gasteiger partial charge in [-0.2, -0.15) is 0 Å². The van der Waals surface area contributed by atoms with E-state index in [9.17, 15) is 13.2 Å². The number of fused-ring (bicyclic) bond motifs is 1. The Morgan fingerprint density at radius 3 is 2.61 bits per heavy atom. The maximum Gasteiger partial charge on any atom is 0.240 e. The maximum atomic E-state index is 12.6. The van der Waals surface area contributed by atoms with Gasteiger partial charge in [-0.05, 0) is 43.7 Å². The van der Waals surface area contributed by atoms with Gasteiger partial charge in [-0.3, -0.25) is 9.10 Å². The fourth-order valence-corrected chi connectivity index (χ4v) is 4.13. The lowest BCUT2D eigenvalue weighted by molar-refractivity contribution is -0.119. The van der Waals surface area contributed by atoms with Crippen molar-refractivity contribution in [3.05, 3.63) is 47.0 Å². The van der Waals surface area contributed by atoms with Gasteiger partial charge >= 0.3 is 0 Å². The predicted molar refractivity (Wildman–Crippen MR) is 119 cm³/mol. The highest BCUT2D eigenvalue weighted by molar-refractivity contribution is 7.92. The first kappa shape index (κ1) is 23.0. The van der Waals surface area contributed by atoms with Crippen LogP contribution < -0.4 is 23.8 Å². The molecule has 1 heterocycles. The van der Waals surface area contributed by atoms with Gasteiger partial charge in [0.25, 0.3) is 0 Å². The van der Waals surface area contributed by atoms with E-state index in [2.05, 4.69) is 5.32 Å². The van der Waals surface area contributed by atoms with Gasteiger partial charge in [-0.15, -0.1) is 0 Å². The highest BCUT2D eigenvalue weighted by Crippen LogP contribution is 2.34. The molecule has 0 unspecified atom stereocenters. The number of halogens is 1. The highest BCUT2D eigenvalue weighted by Gasteiger charge is 2.25.